The molecule has 0 fully saturated rings. The van der Waals surface area contributed by atoms with E-state index in [0.29, 0.717) is 36.2 Å². The topological polar surface area (TPSA) is 65.6 Å². The second kappa shape index (κ2) is 8.97. The zero-order chi connectivity index (χ0) is 24.7. The second-order valence-corrected chi connectivity index (χ2v) is 9.05. The predicted molar refractivity (Wildman–Crippen MR) is 133 cm³/mol. The Hall–Kier alpha value is -3.61. The molecule has 2 aromatic carbocycles. The fraction of sp³-hybridized carbons (Fsp3) is 0.333. The first kappa shape index (κ1) is 23.5. The second-order valence-electron chi connectivity index (χ2n) is 9.05. The van der Waals surface area contributed by atoms with Crippen LogP contribution in [-0.2, 0) is 4.79 Å². The third-order valence-corrected chi connectivity index (χ3v) is 6.46. The van der Waals surface area contributed by atoms with Crippen molar-refractivity contribution >= 4 is 28.3 Å². The monoisotopic (exact) mass is 463 g/mol. The summed E-state index contributed by atoms with van der Waals surface area (Å²) in [4.78, 5) is 30.9. The average molecular weight is 464 g/mol. The van der Waals surface area contributed by atoms with Gasteiger partial charge in [-0.25, -0.2) is 4.39 Å². The van der Waals surface area contributed by atoms with Crippen LogP contribution in [0.15, 0.2) is 30.3 Å². The van der Waals surface area contributed by atoms with Gasteiger partial charge in [0.1, 0.15) is 11.4 Å². The molecule has 0 saturated heterocycles. The number of halogens is 1. The lowest BCUT2D eigenvalue weighted by Gasteiger charge is -2.27. The van der Waals surface area contributed by atoms with E-state index in [9.17, 15) is 9.59 Å². The van der Waals surface area contributed by atoms with Crippen molar-refractivity contribution in [1.82, 2.24) is 14.8 Å². The molecule has 0 bridgehead atoms. The van der Waals surface area contributed by atoms with Gasteiger partial charge in [-0.1, -0.05) is 6.08 Å². The van der Waals surface area contributed by atoms with Crippen molar-refractivity contribution in [2.75, 3.05) is 34.3 Å². The summed E-state index contributed by atoms with van der Waals surface area (Å²) in [5, 5.41) is 0.638. The maximum Gasteiger partial charge on any atom is 0.269 e. The van der Waals surface area contributed by atoms with E-state index in [1.165, 1.54) is 11.8 Å². The van der Waals surface area contributed by atoms with Crippen molar-refractivity contribution in [3.63, 3.8) is 0 Å². The summed E-state index contributed by atoms with van der Waals surface area (Å²) < 4.78 is 21.4. The van der Waals surface area contributed by atoms with Crippen LogP contribution in [0.3, 0.4) is 0 Å². The molecule has 1 aliphatic rings. The minimum absolute atomic E-state index is 0.0346. The maximum absolute atomic E-state index is 15.9. The number of benzene rings is 2. The van der Waals surface area contributed by atoms with Gasteiger partial charge in [-0.2, -0.15) is 0 Å². The van der Waals surface area contributed by atoms with Gasteiger partial charge >= 0.3 is 0 Å². The molecule has 0 aliphatic carbocycles. The molecule has 1 N–H and O–H groups in total. The van der Waals surface area contributed by atoms with Gasteiger partial charge in [0, 0.05) is 45.1 Å². The van der Waals surface area contributed by atoms with E-state index in [1.54, 1.807) is 32.2 Å². The van der Waals surface area contributed by atoms with Gasteiger partial charge in [0.05, 0.1) is 12.6 Å². The molecular formula is C27H30FN3O3. The highest BCUT2D eigenvalue weighted by Crippen LogP contribution is 2.39. The summed E-state index contributed by atoms with van der Waals surface area (Å²) in [5.41, 5.74) is 5.51. The fourth-order valence-corrected chi connectivity index (χ4v) is 4.58. The number of hydrogen-bond donors (Lipinski definition) is 1. The molecule has 6 nitrogen and oxygen atoms in total. The van der Waals surface area contributed by atoms with Gasteiger partial charge in [0.25, 0.3) is 5.91 Å². The SMILES string of the molecule is COc1cc(C)c(-c2cc(C3=CCCN(C(C)=O)C3)c(F)c3[nH]c(C(=O)N(C)C)cc23)cc1C. The first-order chi connectivity index (χ1) is 16.1. The lowest BCUT2D eigenvalue weighted by atomic mass is 9.90. The molecule has 2 amide bonds. The number of rotatable bonds is 4. The largest absolute Gasteiger partial charge is 0.496 e. The number of aromatic nitrogens is 1. The number of ether oxygens (including phenoxy) is 1. The quantitative estimate of drug-likeness (QED) is 0.596. The standard InChI is InChI=1S/C27H30FN3O3/c1-15-11-24(34-6)16(2)10-19(15)21-12-20(18-8-7-9-31(14-18)17(3)32)25(28)26-22(21)13-23(29-26)27(33)30(4)5/h8,10-13,29H,7,9,14H2,1-6H3. The van der Waals surface area contributed by atoms with Crippen molar-refractivity contribution in [3.8, 4) is 16.9 Å². The summed E-state index contributed by atoms with van der Waals surface area (Å²) >= 11 is 0. The summed E-state index contributed by atoms with van der Waals surface area (Å²) in [6.45, 7) is 6.46. The number of nitrogens with one attached hydrogen (secondary N) is 1. The van der Waals surface area contributed by atoms with Crippen LogP contribution in [0.25, 0.3) is 27.6 Å². The van der Waals surface area contributed by atoms with Gasteiger partial charge in [0.15, 0.2) is 5.82 Å². The van der Waals surface area contributed by atoms with Crippen LogP contribution >= 0.6 is 0 Å². The minimum atomic E-state index is -0.420. The fourth-order valence-electron chi connectivity index (χ4n) is 4.58. The Morgan fingerprint density at radius 2 is 1.79 bits per heavy atom. The minimum Gasteiger partial charge on any atom is -0.496 e. The van der Waals surface area contributed by atoms with Crippen LogP contribution < -0.4 is 4.74 Å². The Balaban J connectivity index is 2.00. The number of aryl methyl sites for hydroxylation is 2. The number of carbonyl (C=O) groups is 2. The Bertz CT molecular complexity index is 1340. The number of fused-ring (bicyclic) bond motifs is 1. The lowest BCUT2D eigenvalue weighted by molar-refractivity contribution is -0.128. The number of methoxy groups -OCH3 is 1. The summed E-state index contributed by atoms with van der Waals surface area (Å²) in [6.07, 6.45) is 2.66. The highest BCUT2D eigenvalue weighted by Gasteiger charge is 2.24. The van der Waals surface area contributed by atoms with Crippen molar-refractivity contribution < 1.29 is 18.7 Å². The van der Waals surface area contributed by atoms with E-state index in [1.807, 2.05) is 38.1 Å². The predicted octanol–water partition coefficient (Wildman–Crippen LogP) is 4.94. The van der Waals surface area contributed by atoms with E-state index < -0.39 is 5.82 Å². The van der Waals surface area contributed by atoms with E-state index >= 15 is 4.39 Å². The summed E-state index contributed by atoms with van der Waals surface area (Å²) in [5.74, 6) is 0.0959. The molecule has 3 aromatic rings. The van der Waals surface area contributed by atoms with Gasteiger partial charge < -0.3 is 19.5 Å². The highest BCUT2D eigenvalue weighted by atomic mass is 19.1. The summed E-state index contributed by atoms with van der Waals surface area (Å²) in [7, 11) is 4.96. The highest BCUT2D eigenvalue weighted by molar-refractivity contribution is 6.05. The Morgan fingerprint density at radius 1 is 1.06 bits per heavy atom. The number of carbonyl (C=O) groups excluding carboxylic acids is 2. The number of nitrogens with zero attached hydrogens (tertiary/aromatic N) is 2. The summed E-state index contributed by atoms with van der Waals surface area (Å²) in [6, 6.07) is 7.56. The zero-order valence-corrected chi connectivity index (χ0v) is 20.5. The van der Waals surface area contributed by atoms with Crippen LogP contribution in [0.2, 0.25) is 0 Å². The Kier molecular flexibility index (Phi) is 6.21. The smallest absolute Gasteiger partial charge is 0.269 e. The molecule has 178 valence electrons. The van der Waals surface area contributed by atoms with E-state index in [4.69, 9.17) is 4.74 Å². The molecule has 1 aliphatic heterocycles. The van der Waals surface area contributed by atoms with E-state index in [-0.39, 0.29) is 17.3 Å². The Morgan fingerprint density at radius 3 is 2.44 bits per heavy atom. The maximum atomic E-state index is 15.9. The molecule has 1 aromatic heterocycles. The van der Waals surface area contributed by atoms with E-state index in [2.05, 4.69) is 4.98 Å². The number of H-pyrrole nitrogens is 1. The van der Waals surface area contributed by atoms with Crippen molar-refractivity contribution in [1.29, 1.82) is 0 Å². The van der Waals surface area contributed by atoms with Gasteiger partial charge in [0.2, 0.25) is 5.91 Å². The molecule has 0 spiro atoms. The molecule has 0 unspecified atom stereocenters. The first-order valence-corrected chi connectivity index (χ1v) is 11.3. The van der Waals surface area contributed by atoms with Crippen LogP contribution in [-0.4, -0.2) is 60.9 Å². The van der Waals surface area contributed by atoms with Crippen LogP contribution in [0, 0.1) is 19.7 Å². The molecule has 7 heteroatoms. The number of aromatic amines is 1. The normalized spacial score (nSPS) is 13.7. The van der Waals surface area contributed by atoms with Crippen LogP contribution in [0.5, 0.6) is 5.75 Å². The Labute approximate surface area is 199 Å². The molecule has 2 heterocycles. The third-order valence-electron chi connectivity index (χ3n) is 6.46. The molecule has 0 radical (unpaired) electrons. The molecule has 0 atom stereocenters. The molecule has 34 heavy (non-hydrogen) atoms. The lowest BCUT2D eigenvalue weighted by Crippen LogP contribution is -2.33. The average Bonchev–Trinajstić information content (AvgIpc) is 3.26. The number of amides is 2. The van der Waals surface area contributed by atoms with Crippen molar-refractivity contribution in [2.45, 2.75) is 27.2 Å². The molecular weight excluding hydrogens is 433 g/mol. The van der Waals surface area contributed by atoms with Crippen LogP contribution in [0.4, 0.5) is 4.39 Å². The van der Waals surface area contributed by atoms with Crippen LogP contribution in [0.1, 0.15) is 40.5 Å². The van der Waals surface area contributed by atoms with Gasteiger partial charge in [-0.3, -0.25) is 9.59 Å². The van der Waals surface area contributed by atoms with E-state index in [0.717, 1.165) is 33.6 Å². The van der Waals surface area contributed by atoms with Crippen molar-refractivity contribution in [2.24, 2.45) is 0 Å². The molecule has 0 saturated carbocycles. The first-order valence-electron chi connectivity index (χ1n) is 11.3. The third kappa shape index (κ3) is 4.06. The van der Waals surface area contributed by atoms with Gasteiger partial charge in [-0.15, -0.1) is 0 Å². The van der Waals surface area contributed by atoms with Crippen molar-refractivity contribution in [3.05, 3.63) is 58.5 Å². The molecule has 4 rings (SSSR count). The van der Waals surface area contributed by atoms with Gasteiger partial charge in [-0.05, 0) is 72.4 Å². The zero-order valence-electron chi connectivity index (χ0n) is 20.5. The number of hydrogen-bond acceptors (Lipinski definition) is 3.